The van der Waals surface area contributed by atoms with Crippen molar-refractivity contribution in [3.8, 4) is 11.1 Å². The predicted molar refractivity (Wildman–Crippen MR) is 114 cm³/mol. The molecule has 2 aromatic carbocycles. The van der Waals surface area contributed by atoms with Crippen molar-refractivity contribution in [3.63, 3.8) is 0 Å². The fraction of sp³-hybridized carbons (Fsp3) is 0.480. The van der Waals surface area contributed by atoms with E-state index in [9.17, 15) is 9.90 Å². The molecule has 0 spiro atoms. The van der Waals surface area contributed by atoms with Gasteiger partial charge in [0, 0.05) is 44.7 Å². The fourth-order valence-electron chi connectivity index (χ4n) is 5.60. The number of nitrogens with zero attached hydrogens (tertiary/aromatic N) is 1. The zero-order valence-corrected chi connectivity index (χ0v) is 17.2. The number of hydrogen-bond acceptors (Lipinski definition) is 4. The van der Waals surface area contributed by atoms with Crippen molar-refractivity contribution >= 4 is 6.09 Å². The molecule has 1 N–H and O–H groups in total. The Morgan fingerprint density at radius 3 is 2.27 bits per heavy atom. The molecule has 2 saturated heterocycles. The summed E-state index contributed by atoms with van der Waals surface area (Å²) >= 11 is 0. The third kappa shape index (κ3) is 3.50. The monoisotopic (exact) mass is 407 g/mol. The molecule has 5 rings (SSSR count). The number of carbonyl (C=O) groups excluding carboxylic acids is 1. The fourth-order valence-corrected chi connectivity index (χ4v) is 5.60. The van der Waals surface area contributed by atoms with E-state index in [4.69, 9.17) is 9.47 Å². The number of fused-ring (bicyclic) bond motifs is 3. The molecule has 2 heterocycles. The van der Waals surface area contributed by atoms with Crippen LogP contribution >= 0.6 is 0 Å². The Bertz CT molecular complexity index is 862. The van der Waals surface area contributed by atoms with Crippen molar-refractivity contribution in [3.05, 3.63) is 59.7 Å². The van der Waals surface area contributed by atoms with E-state index in [0.29, 0.717) is 31.5 Å². The average Bonchev–Trinajstić information content (AvgIpc) is 3.38. The van der Waals surface area contributed by atoms with Crippen LogP contribution in [0.2, 0.25) is 0 Å². The van der Waals surface area contributed by atoms with Crippen molar-refractivity contribution < 1.29 is 19.4 Å². The molecule has 1 aliphatic carbocycles. The van der Waals surface area contributed by atoms with Crippen LogP contribution in [0, 0.1) is 17.8 Å². The summed E-state index contributed by atoms with van der Waals surface area (Å²) in [5.74, 6) is 1.05. The Morgan fingerprint density at radius 1 is 1.00 bits per heavy atom. The van der Waals surface area contributed by atoms with Gasteiger partial charge in [0.15, 0.2) is 0 Å². The summed E-state index contributed by atoms with van der Waals surface area (Å²) in [6.07, 6.45) is 1.77. The Hall–Kier alpha value is -2.37. The maximum atomic E-state index is 12.9. The molecule has 0 radical (unpaired) electrons. The van der Waals surface area contributed by atoms with E-state index >= 15 is 0 Å². The van der Waals surface area contributed by atoms with Crippen LogP contribution in [-0.2, 0) is 9.47 Å². The minimum Gasteiger partial charge on any atom is -0.448 e. The SMILES string of the molecule is O=C(OCC1c2ccccc2-c2ccccc21)N1C[C@@H](CO)[C@H](C2CCOCC2)C1. The molecule has 5 heteroatoms. The van der Waals surface area contributed by atoms with Crippen LogP contribution in [0.25, 0.3) is 11.1 Å². The van der Waals surface area contributed by atoms with Crippen LogP contribution in [0.3, 0.4) is 0 Å². The van der Waals surface area contributed by atoms with Crippen LogP contribution < -0.4 is 0 Å². The minimum absolute atomic E-state index is 0.0730. The lowest BCUT2D eigenvalue weighted by molar-refractivity contribution is 0.0351. The van der Waals surface area contributed by atoms with Crippen molar-refractivity contribution in [2.75, 3.05) is 39.5 Å². The number of carbonyl (C=O) groups is 1. The van der Waals surface area contributed by atoms with E-state index in [-0.39, 0.29) is 24.5 Å². The van der Waals surface area contributed by atoms with Crippen molar-refractivity contribution in [1.82, 2.24) is 4.90 Å². The number of hydrogen-bond donors (Lipinski definition) is 1. The molecule has 2 aliphatic heterocycles. The molecule has 5 nitrogen and oxygen atoms in total. The summed E-state index contributed by atoms with van der Waals surface area (Å²) in [6, 6.07) is 16.7. The number of ether oxygens (including phenoxy) is 2. The maximum absolute atomic E-state index is 12.9. The predicted octanol–water partition coefficient (Wildman–Crippen LogP) is 3.90. The summed E-state index contributed by atoms with van der Waals surface area (Å²) in [5, 5.41) is 9.88. The summed E-state index contributed by atoms with van der Waals surface area (Å²) in [6.45, 7) is 3.28. The lowest BCUT2D eigenvalue weighted by Gasteiger charge is -2.30. The highest BCUT2D eigenvalue weighted by atomic mass is 16.6. The average molecular weight is 408 g/mol. The number of likely N-dealkylation sites (tertiary alicyclic amines) is 1. The Balaban J connectivity index is 1.26. The molecule has 3 aliphatic rings. The molecule has 2 fully saturated rings. The van der Waals surface area contributed by atoms with Crippen LogP contribution in [-0.4, -0.2) is 55.6 Å². The summed E-state index contributed by atoms with van der Waals surface area (Å²) < 4.78 is 11.3. The van der Waals surface area contributed by atoms with Gasteiger partial charge in [0.2, 0.25) is 0 Å². The number of aliphatic hydroxyl groups excluding tert-OH is 1. The first-order chi connectivity index (χ1) is 14.8. The second kappa shape index (κ2) is 8.40. The highest BCUT2D eigenvalue weighted by molar-refractivity contribution is 5.79. The van der Waals surface area contributed by atoms with Crippen LogP contribution in [0.4, 0.5) is 4.79 Å². The van der Waals surface area contributed by atoms with E-state index < -0.39 is 0 Å². The van der Waals surface area contributed by atoms with Gasteiger partial charge in [-0.05, 0) is 46.9 Å². The molecule has 158 valence electrons. The molecular weight excluding hydrogens is 378 g/mol. The van der Waals surface area contributed by atoms with E-state index in [1.54, 1.807) is 4.90 Å². The van der Waals surface area contributed by atoms with Gasteiger partial charge >= 0.3 is 6.09 Å². The molecule has 0 saturated carbocycles. The van der Waals surface area contributed by atoms with Gasteiger partial charge in [-0.25, -0.2) is 4.79 Å². The highest BCUT2D eigenvalue weighted by Gasteiger charge is 2.40. The first-order valence-electron chi connectivity index (χ1n) is 11.0. The first kappa shape index (κ1) is 19.6. The maximum Gasteiger partial charge on any atom is 0.409 e. The number of benzene rings is 2. The van der Waals surface area contributed by atoms with Crippen LogP contribution in [0.5, 0.6) is 0 Å². The molecule has 0 bridgehead atoms. The van der Waals surface area contributed by atoms with Gasteiger partial charge in [0.25, 0.3) is 0 Å². The van der Waals surface area contributed by atoms with Gasteiger partial charge in [-0.15, -0.1) is 0 Å². The van der Waals surface area contributed by atoms with E-state index in [2.05, 4.69) is 36.4 Å². The highest BCUT2D eigenvalue weighted by Crippen LogP contribution is 2.44. The van der Waals surface area contributed by atoms with Gasteiger partial charge in [-0.3, -0.25) is 0 Å². The van der Waals surface area contributed by atoms with Gasteiger partial charge < -0.3 is 19.5 Å². The molecule has 30 heavy (non-hydrogen) atoms. The lowest BCUT2D eigenvalue weighted by Crippen LogP contribution is -2.32. The number of rotatable bonds is 4. The largest absolute Gasteiger partial charge is 0.448 e. The van der Waals surface area contributed by atoms with Crippen LogP contribution in [0.15, 0.2) is 48.5 Å². The van der Waals surface area contributed by atoms with Crippen molar-refractivity contribution in [2.45, 2.75) is 18.8 Å². The number of aliphatic hydroxyl groups is 1. The van der Waals surface area contributed by atoms with Gasteiger partial charge in [0.1, 0.15) is 6.61 Å². The standard InChI is InChI=1S/C25H29NO4/c27-15-18-13-26(14-23(18)17-9-11-29-12-10-17)25(28)30-16-24-21-7-3-1-5-19(21)20-6-2-4-8-22(20)24/h1-8,17-18,23-24,27H,9-16H2/t18-,23-/m0/s1. The molecule has 2 atom stereocenters. The Morgan fingerprint density at radius 2 is 1.63 bits per heavy atom. The summed E-state index contributed by atoms with van der Waals surface area (Å²) in [7, 11) is 0. The molecule has 1 amide bonds. The molecule has 0 aromatic heterocycles. The smallest absolute Gasteiger partial charge is 0.409 e. The summed E-state index contributed by atoms with van der Waals surface area (Å²) in [5.41, 5.74) is 4.91. The molecule has 2 aromatic rings. The van der Waals surface area contributed by atoms with Crippen molar-refractivity contribution in [1.29, 1.82) is 0 Å². The topological polar surface area (TPSA) is 59.0 Å². The quantitative estimate of drug-likeness (QED) is 0.835. The zero-order valence-electron chi connectivity index (χ0n) is 17.2. The summed E-state index contributed by atoms with van der Waals surface area (Å²) in [4.78, 5) is 14.7. The Kier molecular flexibility index (Phi) is 5.48. The molecular formula is C25H29NO4. The van der Waals surface area contributed by atoms with E-state index in [1.807, 2.05) is 12.1 Å². The van der Waals surface area contributed by atoms with Gasteiger partial charge in [-0.2, -0.15) is 0 Å². The first-order valence-corrected chi connectivity index (χ1v) is 11.0. The normalized spacial score (nSPS) is 24.0. The van der Waals surface area contributed by atoms with Gasteiger partial charge in [0.05, 0.1) is 0 Å². The van der Waals surface area contributed by atoms with Crippen LogP contribution in [0.1, 0.15) is 29.9 Å². The molecule has 0 unspecified atom stereocenters. The van der Waals surface area contributed by atoms with E-state index in [1.165, 1.54) is 22.3 Å². The second-order valence-corrected chi connectivity index (χ2v) is 8.77. The Labute approximate surface area is 177 Å². The third-order valence-corrected chi connectivity index (χ3v) is 7.19. The van der Waals surface area contributed by atoms with E-state index in [0.717, 1.165) is 26.1 Å². The minimum atomic E-state index is -0.259. The number of amides is 1. The lowest BCUT2D eigenvalue weighted by atomic mass is 9.80. The zero-order chi connectivity index (χ0) is 20.5. The van der Waals surface area contributed by atoms with Gasteiger partial charge in [-0.1, -0.05) is 48.5 Å². The third-order valence-electron chi connectivity index (χ3n) is 7.19. The van der Waals surface area contributed by atoms with Crippen molar-refractivity contribution in [2.24, 2.45) is 17.8 Å². The second-order valence-electron chi connectivity index (χ2n) is 8.77.